The van der Waals surface area contributed by atoms with E-state index in [4.69, 9.17) is 4.42 Å². The van der Waals surface area contributed by atoms with Crippen LogP contribution in [-0.2, 0) is 0 Å². The fraction of sp³-hybridized carbons (Fsp3) is 0. The highest BCUT2D eigenvalue weighted by molar-refractivity contribution is 6.22. The van der Waals surface area contributed by atoms with Crippen LogP contribution >= 0.6 is 0 Å². The largest absolute Gasteiger partial charge is 0.455 e. The minimum Gasteiger partial charge on any atom is -0.455 e. The van der Waals surface area contributed by atoms with Gasteiger partial charge in [0.15, 0.2) is 0 Å². The summed E-state index contributed by atoms with van der Waals surface area (Å²) in [6, 6.07) is 75.4. The first-order valence-electron chi connectivity index (χ1n) is 19.7. The molecule has 0 radical (unpaired) electrons. The lowest BCUT2D eigenvalue weighted by molar-refractivity contribution is 0.673. The Hall–Kier alpha value is -7.48. The van der Waals surface area contributed by atoms with Crippen molar-refractivity contribution in [2.45, 2.75) is 0 Å². The minimum atomic E-state index is 0.912. The number of fused-ring (bicyclic) bond motifs is 9. The molecule has 0 spiro atoms. The predicted octanol–water partition coefficient (Wildman–Crippen LogP) is 16.0. The molecule has 0 aliphatic rings. The summed E-state index contributed by atoms with van der Waals surface area (Å²) in [5, 5.41) is 14.5. The van der Waals surface area contributed by atoms with Gasteiger partial charge in [0.05, 0.1) is 0 Å². The monoisotopic (exact) mass is 722 g/mol. The van der Waals surface area contributed by atoms with E-state index in [-0.39, 0.29) is 0 Å². The number of hydrogen-bond acceptors (Lipinski definition) is 1. The Morgan fingerprint density at radius 3 is 1.32 bits per heavy atom. The zero-order valence-corrected chi connectivity index (χ0v) is 31.0. The molecule has 0 saturated carbocycles. The average Bonchev–Trinajstić information content (AvgIpc) is 3.65. The Labute approximate surface area is 329 Å². The molecular weight excluding hydrogens is 689 g/mol. The SMILES string of the molecule is c1cc(-c2cccc3ccccc23)cc(-c2c3ccccc3c(-c3cccc(-c4cccc5cc6c(cc45)oc4c5ccccc5ccc64)c3)c3ccccc23)c1. The van der Waals surface area contributed by atoms with Crippen molar-refractivity contribution >= 4 is 75.8 Å². The molecule has 57 heavy (non-hydrogen) atoms. The van der Waals surface area contributed by atoms with Crippen molar-refractivity contribution in [2.75, 3.05) is 0 Å². The van der Waals surface area contributed by atoms with Gasteiger partial charge in [0.2, 0.25) is 0 Å². The second kappa shape index (κ2) is 12.5. The summed E-state index contributed by atoms with van der Waals surface area (Å²) in [5.41, 5.74) is 11.6. The van der Waals surface area contributed by atoms with Crippen LogP contribution in [0, 0.1) is 0 Å². The Balaban J connectivity index is 1.04. The number of rotatable bonds is 4. The van der Waals surface area contributed by atoms with Crippen molar-refractivity contribution < 1.29 is 4.42 Å². The zero-order chi connectivity index (χ0) is 37.5. The van der Waals surface area contributed by atoms with Crippen LogP contribution in [0.25, 0.3) is 120 Å². The summed E-state index contributed by atoms with van der Waals surface area (Å²) >= 11 is 0. The molecule has 0 atom stereocenters. The second-order valence-electron chi connectivity index (χ2n) is 15.2. The van der Waals surface area contributed by atoms with E-state index < -0.39 is 0 Å². The standard InChI is InChI=1S/C56H34O/c1-3-21-42-35(13-1)15-11-27-43(42)37-16-9-19-40(31-37)54-46-23-5-7-25-48(46)55(49-26-8-6-24-47(49)54)41-20-10-17-38(32-41)44-28-12-18-39-33-52-50-30-29-36-14-2-4-22-45(36)56(50)57-53(52)34-51(39)44/h1-34H. The highest BCUT2D eigenvalue weighted by atomic mass is 16.3. The van der Waals surface area contributed by atoms with E-state index >= 15 is 0 Å². The van der Waals surface area contributed by atoms with Gasteiger partial charge in [0.25, 0.3) is 0 Å². The van der Waals surface area contributed by atoms with Crippen molar-refractivity contribution in [3.05, 3.63) is 206 Å². The highest BCUT2D eigenvalue weighted by Crippen LogP contribution is 2.46. The normalized spacial score (nSPS) is 11.9. The maximum Gasteiger partial charge on any atom is 0.143 e. The van der Waals surface area contributed by atoms with Gasteiger partial charge in [-0.15, -0.1) is 0 Å². The number of benzene rings is 11. The first-order valence-corrected chi connectivity index (χ1v) is 19.7. The van der Waals surface area contributed by atoms with E-state index in [0.29, 0.717) is 0 Å². The van der Waals surface area contributed by atoms with E-state index in [2.05, 4.69) is 206 Å². The summed E-state index contributed by atoms with van der Waals surface area (Å²) in [5.74, 6) is 0. The molecule has 0 aliphatic heterocycles. The molecule has 1 nitrogen and oxygen atoms in total. The summed E-state index contributed by atoms with van der Waals surface area (Å²) in [6.07, 6.45) is 0. The lowest BCUT2D eigenvalue weighted by Gasteiger charge is -2.19. The third-order valence-electron chi connectivity index (χ3n) is 12.0. The van der Waals surface area contributed by atoms with Crippen LogP contribution in [-0.4, -0.2) is 0 Å². The molecule has 0 amide bonds. The van der Waals surface area contributed by atoms with Crippen LogP contribution < -0.4 is 0 Å². The summed E-state index contributed by atoms with van der Waals surface area (Å²) in [7, 11) is 0. The fourth-order valence-corrected chi connectivity index (χ4v) is 9.44. The average molecular weight is 723 g/mol. The third-order valence-corrected chi connectivity index (χ3v) is 12.0. The summed E-state index contributed by atoms with van der Waals surface area (Å²) < 4.78 is 6.65. The molecule has 1 aromatic heterocycles. The zero-order valence-electron chi connectivity index (χ0n) is 31.0. The number of furan rings is 1. The number of hydrogen-bond donors (Lipinski definition) is 0. The van der Waals surface area contributed by atoms with Crippen molar-refractivity contribution in [1.29, 1.82) is 0 Å². The Kier molecular flexibility index (Phi) is 7.00. The molecule has 1 heteroatoms. The summed E-state index contributed by atoms with van der Waals surface area (Å²) in [4.78, 5) is 0. The van der Waals surface area contributed by atoms with Crippen LogP contribution in [0.4, 0.5) is 0 Å². The van der Waals surface area contributed by atoms with Crippen molar-refractivity contribution in [3.8, 4) is 44.5 Å². The van der Waals surface area contributed by atoms with Gasteiger partial charge in [-0.05, 0) is 123 Å². The van der Waals surface area contributed by atoms with Gasteiger partial charge in [-0.1, -0.05) is 176 Å². The molecule has 0 fully saturated rings. The van der Waals surface area contributed by atoms with Crippen molar-refractivity contribution in [1.82, 2.24) is 0 Å². The van der Waals surface area contributed by atoms with Crippen LogP contribution in [0.5, 0.6) is 0 Å². The molecule has 0 aliphatic carbocycles. The van der Waals surface area contributed by atoms with Crippen molar-refractivity contribution in [2.24, 2.45) is 0 Å². The van der Waals surface area contributed by atoms with E-state index in [1.807, 2.05) is 0 Å². The molecule has 12 rings (SSSR count). The first-order chi connectivity index (χ1) is 28.3. The van der Waals surface area contributed by atoms with Crippen LogP contribution in [0.15, 0.2) is 211 Å². The maximum absolute atomic E-state index is 6.65. The van der Waals surface area contributed by atoms with Gasteiger partial charge in [-0.3, -0.25) is 0 Å². The highest BCUT2D eigenvalue weighted by Gasteiger charge is 2.19. The Morgan fingerprint density at radius 1 is 0.246 bits per heavy atom. The molecule has 0 bridgehead atoms. The van der Waals surface area contributed by atoms with Gasteiger partial charge in [0.1, 0.15) is 11.2 Å². The van der Waals surface area contributed by atoms with E-state index in [0.717, 1.165) is 27.3 Å². The topological polar surface area (TPSA) is 13.1 Å². The Morgan fingerprint density at radius 2 is 0.702 bits per heavy atom. The van der Waals surface area contributed by atoms with E-state index in [1.165, 1.54) is 93.0 Å². The molecule has 0 unspecified atom stereocenters. The van der Waals surface area contributed by atoms with Gasteiger partial charge >= 0.3 is 0 Å². The molecule has 12 aromatic rings. The van der Waals surface area contributed by atoms with Crippen LogP contribution in [0.1, 0.15) is 0 Å². The van der Waals surface area contributed by atoms with Crippen LogP contribution in [0.2, 0.25) is 0 Å². The third kappa shape index (κ3) is 4.96. The lowest BCUT2D eigenvalue weighted by atomic mass is 9.84. The first kappa shape index (κ1) is 31.8. The fourth-order valence-electron chi connectivity index (χ4n) is 9.44. The minimum absolute atomic E-state index is 0.912. The smallest absolute Gasteiger partial charge is 0.143 e. The van der Waals surface area contributed by atoms with Gasteiger partial charge in [-0.2, -0.15) is 0 Å². The molecule has 264 valence electrons. The Bertz CT molecular complexity index is 3520. The van der Waals surface area contributed by atoms with E-state index in [1.54, 1.807) is 0 Å². The predicted molar refractivity (Wildman–Crippen MR) is 243 cm³/mol. The van der Waals surface area contributed by atoms with Crippen molar-refractivity contribution in [3.63, 3.8) is 0 Å². The maximum atomic E-state index is 6.65. The van der Waals surface area contributed by atoms with Gasteiger partial charge in [-0.25, -0.2) is 0 Å². The molecule has 1 heterocycles. The van der Waals surface area contributed by atoms with Gasteiger partial charge in [0, 0.05) is 16.2 Å². The molecule has 0 saturated heterocycles. The molecular formula is C56H34O. The molecule has 11 aromatic carbocycles. The van der Waals surface area contributed by atoms with Gasteiger partial charge < -0.3 is 4.42 Å². The second-order valence-corrected chi connectivity index (χ2v) is 15.2. The van der Waals surface area contributed by atoms with Crippen LogP contribution in [0.3, 0.4) is 0 Å². The van der Waals surface area contributed by atoms with E-state index in [9.17, 15) is 0 Å². The lowest BCUT2D eigenvalue weighted by Crippen LogP contribution is -1.92. The quantitative estimate of drug-likeness (QED) is 0.165. The molecule has 0 N–H and O–H groups in total. The summed E-state index contributed by atoms with van der Waals surface area (Å²) in [6.45, 7) is 0.